The molecule has 4 aromatic carbocycles. The quantitative estimate of drug-likeness (QED) is 0.0676. The molecule has 4 aromatic rings. The Bertz CT molecular complexity index is 2350. The summed E-state index contributed by atoms with van der Waals surface area (Å²) in [6, 6.07) is 32.6. The van der Waals surface area contributed by atoms with Gasteiger partial charge >= 0.3 is 0 Å². The van der Waals surface area contributed by atoms with Crippen molar-refractivity contribution >= 4 is 23.4 Å². The molecular formula is C57H66N2O6. The maximum Gasteiger partial charge on any atom is 0.287 e. The lowest BCUT2D eigenvalue weighted by atomic mass is 9.48. The summed E-state index contributed by atoms with van der Waals surface area (Å²) in [5.74, 6) is 3.14. The molecule has 2 amide bonds. The molecule has 6 aliphatic carbocycles. The van der Waals surface area contributed by atoms with Gasteiger partial charge in [0.25, 0.3) is 11.8 Å². The number of allylic oxidation sites excluding steroid dienone is 2. The van der Waals surface area contributed by atoms with Gasteiger partial charge in [-0.05, 0) is 194 Å². The molecule has 2 unspecified atom stereocenters. The molecular weight excluding hydrogens is 809 g/mol. The van der Waals surface area contributed by atoms with Crippen molar-refractivity contribution in [2.75, 3.05) is 13.1 Å². The Morgan fingerprint density at radius 2 is 1.14 bits per heavy atom. The molecule has 10 rings (SSSR count). The van der Waals surface area contributed by atoms with Crippen molar-refractivity contribution < 1.29 is 28.7 Å². The van der Waals surface area contributed by atoms with Crippen molar-refractivity contribution in [1.29, 1.82) is 0 Å². The van der Waals surface area contributed by atoms with Gasteiger partial charge in [0, 0.05) is 25.9 Å². The summed E-state index contributed by atoms with van der Waals surface area (Å²) in [7, 11) is 0. The van der Waals surface area contributed by atoms with E-state index in [2.05, 4.69) is 60.0 Å². The van der Waals surface area contributed by atoms with Gasteiger partial charge in [-0.25, -0.2) is 0 Å². The van der Waals surface area contributed by atoms with Gasteiger partial charge in [-0.2, -0.15) is 0 Å². The highest BCUT2D eigenvalue weighted by Gasteiger charge is 2.50. The van der Waals surface area contributed by atoms with Crippen LogP contribution in [0.4, 0.5) is 0 Å². The third-order valence-corrected chi connectivity index (χ3v) is 15.4. The summed E-state index contributed by atoms with van der Waals surface area (Å²) in [5.41, 5.74) is 8.21. The highest BCUT2D eigenvalue weighted by Crippen LogP contribution is 2.61. The van der Waals surface area contributed by atoms with Gasteiger partial charge in [0.2, 0.25) is 11.6 Å². The van der Waals surface area contributed by atoms with Crippen LogP contribution in [0.25, 0.3) is 11.1 Å². The Morgan fingerprint density at radius 3 is 1.68 bits per heavy atom. The van der Waals surface area contributed by atoms with E-state index in [1.807, 2.05) is 60.7 Å². The Hall–Kier alpha value is -5.50. The summed E-state index contributed by atoms with van der Waals surface area (Å²) in [5, 5.41) is 5.73. The van der Waals surface area contributed by atoms with Crippen LogP contribution in [0.1, 0.15) is 119 Å². The standard InChI is InChI=1S/C57H66N2O6/c1-39-25-42-7-4-21-56(31-39,32-42)36-53(61)55(63)59-24-20-41-12-16-51(17-13-41)65-38-44-6-3-9-49(30-44)48-8-2-5-43(29-48)37-64-50-14-10-40(11-15-50)19-23-58-54(62)52(60)18-22-57-33-45-26-46(34-57)28-47(27-45)35-57/h2-3,5-6,8-17,25,29-30,39,45-47H,4,7,18-24,26-28,31-38H2,1H3,(H,58,62)(H,59,63). The first-order chi connectivity index (χ1) is 31.5. The van der Waals surface area contributed by atoms with E-state index in [1.165, 1.54) is 44.1 Å². The van der Waals surface area contributed by atoms with Gasteiger partial charge < -0.3 is 20.1 Å². The number of ether oxygens (including phenoxy) is 2. The maximum atomic E-state index is 12.9. The number of carbonyl (C=O) groups is 4. The van der Waals surface area contributed by atoms with Gasteiger partial charge in [0.1, 0.15) is 24.7 Å². The van der Waals surface area contributed by atoms with Crippen LogP contribution in [-0.2, 0) is 45.2 Å². The van der Waals surface area contributed by atoms with Crippen molar-refractivity contribution in [3.63, 3.8) is 0 Å². The molecule has 0 aromatic heterocycles. The van der Waals surface area contributed by atoms with E-state index in [-0.39, 0.29) is 17.0 Å². The van der Waals surface area contributed by atoms with E-state index in [1.54, 1.807) is 0 Å². The Morgan fingerprint density at radius 1 is 0.615 bits per heavy atom. The first-order valence-corrected chi connectivity index (χ1v) is 24.5. The largest absolute Gasteiger partial charge is 0.489 e. The summed E-state index contributed by atoms with van der Waals surface area (Å²) >= 11 is 0. The van der Waals surface area contributed by atoms with Gasteiger partial charge in [-0.15, -0.1) is 0 Å². The van der Waals surface area contributed by atoms with E-state index in [0.717, 1.165) is 101 Å². The molecule has 5 fully saturated rings. The lowest BCUT2D eigenvalue weighted by Gasteiger charge is -2.57. The number of rotatable bonds is 20. The lowest BCUT2D eigenvalue weighted by Crippen LogP contribution is -2.46. The lowest BCUT2D eigenvalue weighted by molar-refractivity contribution is -0.139. The number of carbonyl (C=O) groups excluding carboxylic acids is 4. The Balaban J connectivity index is 0.674. The first-order valence-electron chi connectivity index (χ1n) is 24.5. The molecule has 8 heteroatoms. The minimum atomic E-state index is -0.458. The molecule has 8 nitrogen and oxygen atoms in total. The number of ketones is 2. The topological polar surface area (TPSA) is 111 Å². The van der Waals surface area contributed by atoms with Crippen LogP contribution in [0.3, 0.4) is 0 Å². The zero-order chi connectivity index (χ0) is 44.8. The molecule has 65 heavy (non-hydrogen) atoms. The highest BCUT2D eigenvalue weighted by atomic mass is 16.5. The maximum absolute atomic E-state index is 12.9. The van der Waals surface area contributed by atoms with Gasteiger partial charge in [-0.3, -0.25) is 19.2 Å². The average Bonchev–Trinajstić information content (AvgIpc) is 3.29. The van der Waals surface area contributed by atoms with Crippen LogP contribution in [-0.4, -0.2) is 36.5 Å². The van der Waals surface area contributed by atoms with E-state index < -0.39 is 11.8 Å². The number of hydrogen-bond acceptors (Lipinski definition) is 6. The molecule has 0 aliphatic heterocycles. The highest BCUT2D eigenvalue weighted by molar-refractivity contribution is 6.36. The molecule has 0 saturated heterocycles. The number of amides is 2. The van der Waals surface area contributed by atoms with Gasteiger partial charge in [-0.1, -0.05) is 79.2 Å². The van der Waals surface area contributed by atoms with Gasteiger partial charge in [0.15, 0.2) is 0 Å². The molecule has 0 radical (unpaired) electrons. The van der Waals surface area contributed by atoms with Crippen LogP contribution in [0.15, 0.2) is 109 Å². The predicted molar refractivity (Wildman–Crippen MR) is 254 cm³/mol. The van der Waals surface area contributed by atoms with Crippen molar-refractivity contribution in [1.82, 2.24) is 10.6 Å². The summed E-state index contributed by atoms with van der Waals surface area (Å²) in [4.78, 5) is 51.1. The van der Waals surface area contributed by atoms with Crippen LogP contribution in [0.5, 0.6) is 11.5 Å². The molecule has 2 N–H and O–H groups in total. The minimum Gasteiger partial charge on any atom is -0.489 e. The van der Waals surface area contributed by atoms with Crippen LogP contribution in [0.2, 0.25) is 0 Å². The number of Topliss-reactive ketones (excluding diaryl/α,β-unsaturated/α-hetero) is 2. The third kappa shape index (κ3) is 11.5. The fourth-order valence-electron chi connectivity index (χ4n) is 12.9. The monoisotopic (exact) mass is 874 g/mol. The summed E-state index contributed by atoms with van der Waals surface area (Å²) < 4.78 is 12.3. The summed E-state index contributed by atoms with van der Waals surface area (Å²) in [6.07, 6.45) is 18.5. The molecule has 2 atom stereocenters. The molecule has 5 saturated carbocycles. The second-order valence-electron chi connectivity index (χ2n) is 20.8. The number of hydrogen-bond donors (Lipinski definition) is 2. The van der Waals surface area contributed by atoms with E-state index in [0.29, 0.717) is 63.3 Å². The van der Waals surface area contributed by atoms with Gasteiger partial charge in [0.05, 0.1) is 0 Å². The van der Waals surface area contributed by atoms with Crippen molar-refractivity contribution in [3.8, 4) is 22.6 Å². The fourth-order valence-corrected chi connectivity index (χ4v) is 12.9. The number of benzene rings is 4. The smallest absolute Gasteiger partial charge is 0.287 e. The van der Waals surface area contributed by atoms with E-state index in [4.69, 9.17) is 9.47 Å². The van der Waals surface area contributed by atoms with Crippen molar-refractivity contribution in [3.05, 3.63) is 131 Å². The SMILES string of the molecule is CC1C=C2CCCC(CC(=O)C(=O)NCCc3ccc(OCc4cccc(-c5cccc(COc6ccc(CCNC(=O)C(=O)CCC78CC9CC(CC(C9)C7)C8)cc6)c5)c4)cc3)(C2)C1. The van der Waals surface area contributed by atoms with Crippen molar-refractivity contribution in [2.45, 2.75) is 123 Å². The Kier molecular flexibility index (Phi) is 13.7. The first kappa shape index (κ1) is 44.7. The number of nitrogens with one attached hydrogen (secondary N) is 2. The van der Waals surface area contributed by atoms with Crippen LogP contribution < -0.4 is 20.1 Å². The minimum absolute atomic E-state index is 0.0344. The zero-order valence-corrected chi connectivity index (χ0v) is 38.2. The van der Waals surface area contributed by atoms with Crippen LogP contribution in [0, 0.1) is 34.5 Å². The number of fused-ring (bicyclic) bond motifs is 2. The Labute approximate surface area is 385 Å². The summed E-state index contributed by atoms with van der Waals surface area (Å²) in [6.45, 7) is 3.93. The van der Waals surface area contributed by atoms with Crippen LogP contribution >= 0.6 is 0 Å². The second kappa shape index (κ2) is 19.9. The van der Waals surface area contributed by atoms with E-state index in [9.17, 15) is 19.2 Å². The second-order valence-corrected chi connectivity index (χ2v) is 20.8. The molecule has 0 spiro atoms. The normalized spacial score (nSPS) is 25.0. The molecule has 0 heterocycles. The fraction of sp³-hybridized carbons (Fsp3) is 0.474. The molecule has 340 valence electrons. The van der Waals surface area contributed by atoms with Crippen molar-refractivity contribution in [2.24, 2.45) is 34.5 Å². The average molecular weight is 875 g/mol. The molecule has 6 aliphatic rings. The predicted octanol–water partition coefficient (Wildman–Crippen LogP) is 10.9. The third-order valence-electron chi connectivity index (χ3n) is 15.4. The molecule has 6 bridgehead atoms. The van der Waals surface area contributed by atoms with E-state index >= 15 is 0 Å². The zero-order valence-electron chi connectivity index (χ0n) is 38.2.